The van der Waals surface area contributed by atoms with Crippen molar-refractivity contribution < 1.29 is 23.5 Å². The number of pyridine rings is 1. The Hall–Kier alpha value is -4.02. The van der Waals surface area contributed by atoms with Crippen molar-refractivity contribution in [2.45, 2.75) is 24.8 Å². The number of H-pyrrole nitrogens is 2. The zero-order valence-electron chi connectivity index (χ0n) is 19.3. The number of carbonyl (C=O) groups excluding carboxylic acids is 1. The highest BCUT2D eigenvalue weighted by Crippen LogP contribution is 2.39. The van der Waals surface area contributed by atoms with Gasteiger partial charge in [0, 0.05) is 33.6 Å². The Morgan fingerprint density at radius 1 is 1.03 bits per heavy atom. The third-order valence-corrected chi connectivity index (χ3v) is 6.72. The third kappa shape index (κ3) is 4.68. The lowest BCUT2D eigenvalue weighted by molar-refractivity contribution is -0.167. The minimum atomic E-state index is -4.23. The molecule has 1 aliphatic heterocycles. The van der Waals surface area contributed by atoms with Crippen LogP contribution in [0.3, 0.4) is 0 Å². The van der Waals surface area contributed by atoms with Crippen molar-refractivity contribution in [2.75, 3.05) is 0 Å². The van der Waals surface area contributed by atoms with Crippen LogP contribution in [0.15, 0.2) is 70.7 Å². The van der Waals surface area contributed by atoms with Gasteiger partial charge >= 0.3 is 17.8 Å². The Labute approximate surface area is 223 Å². The number of rotatable bonds is 6. The van der Waals surface area contributed by atoms with Gasteiger partial charge in [-0.25, -0.2) is 5.01 Å². The first-order chi connectivity index (χ1) is 18.0. The molecule has 0 spiro atoms. The fourth-order valence-electron chi connectivity index (χ4n) is 4.52. The Morgan fingerprint density at radius 2 is 1.66 bits per heavy atom. The van der Waals surface area contributed by atoms with Gasteiger partial charge in [-0.1, -0.05) is 47.5 Å². The number of aliphatic carboxylic acids is 1. The summed E-state index contributed by atoms with van der Waals surface area (Å²) in [5.41, 5.74) is 1.59. The summed E-state index contributed by atoms with van der Waals surface area (Å²) in [7, 11) is 0. The molecule has 194 valence electrons. The molecule has 1 aliphatic rings. The van der Waals surface area contributed by atoms with Gasteiger partial charge in [-0.05, 0) is 41.5 Å². The third-order valence-electron chi connectivity index (χ3n) is 6.21. The number of benzene rings is 2. The van der Waals surface area contributed by atoms with Crippen LogP contribution in [0.5, 0.6) is 0 Å². The summed E-state index contributed by atoms with van der Waals surface area (Å²) >= 11 is 12.0. The second-order valence-corrected chi connectivity index (χ2v) is 9.59. The number of carboxylic acids is 1. The standard InChI is InChI=1S/C26H18Cl2F2N4O4/c27-15-5-1-13(2-6-15)19-11-18(33-34(19)25(38)26(29,30)12-20(35)36)22-21(14-3-7-16(28)8-4-14)17-9-10-31-23(17)32-24(22)37/h1-10,19H,11-12H2,(H,35,36)(H2,31,32,37). The van der Waals surface area contributed by atoms with Crippen molar-refractivity contribution >= 4 is 51.8 Å². The van der Waals surface area contributed by atoms with Gasteiger partial charge in [0.15, 0.2) is 0 Å². The van der Waals surface area contributed by atoms with Gasteiger partial charge in [0.25, 0.3) is 5.56 Å². The molecular weight excluding hydrogens is 541 g/mol. The second kappa shape index (κ2) is 9.70. The number of fused-ring (bicyclic) bond motifs is 1. The number of alkyl halides is 2. The molecular formula is C26H18Cl2F2N4O4. The summed E-state index contributed by atoms with van der Waals surface area (Å²) in [5.74, 6) is -7.86. The van der Waals surface area contributed by atoms with Crippen molar-refractivity contribution in [3.8, 4) is 11.1 Å². The van der Waals surface area contributed by atoms with E-state index in [1.165, 1.54) is 12.1 Å². The van der Waals surface area contributed by atoms with Gasteiger partial charge in [-0.15, -0.1) is 0 Å². The molecule has 5 rings (SSSR count). The first-order valence-corrected chi connectivity index (χ1v) is 12.1. The molecule has 8 nitrogen and oxygen atoms in total. The first kappa shape index (κ1) is 25.6. The Bertz CT molecular complexity index is 1650. The number of halogens is 4. The lowest BCUT2D eigenvalue weighted by Gasteiger charge is -2.25. The number of carboxylic acid groups (broad SMARTS) is 1. The maximum Gasteiger partial charge on any atom is 0.337 e. The minimum Gasteiger partial charge on any atom is -0.481 e. The molecule has 0 aliphatic carbocycles. The predicted octanol–water partition coefficient (Wildman–Crippen LogP) is 5.62. The van der Waals surface area contributed by atoms with E-state index in [0.29, 0.717) is 42.8 Å². The number of amides is 1. The van der Waals surface area contributed by atoms with Crippen LogP contribution in [0.25, 0.3) is 22.2 Å². The van der Waals surface area contributed by atoms with Crippen LogP contribution in [0.2, 0.25) is 10.0 Å². The van der Waals surface area contributed by atoms with Crippen molar-refractivity contribution in [3.63, 3.8) is 0 Å². The SMILES string of the molecule is O=C(O)CC(F)(F)C(=O)N1N=C(c2c(-c3ccc(Cl)cc3)c3cc[nH]c3[nH]c2=O)CC1c1ccc(Cl)cc1. The Balaban J connectivity index is 1.70. The Kier molecular flexibility index (Phi) is 6.54. The lowest BCUT2D eigenvalue weighted by atomic mass is 9.92. The molecule has 0 saturated heterocycles. The fourth-order valence-corrected chi connectivity index (χ4v) is 4.78. The number of nitrogens with one attached hydrogen (secondary N) is 2. The summed E-state index contributed by atoms with van der Waals surface area (Å²) in [6.45, 7) is 0. The van der Waals surface area contributed by atoms with E-state index in [1.807, 2.05) is 0 Å². The molecule has 0 bridgehead atoms. The highest BCUT2D eigenvalue weighted by Gasteiger charge is 2.49. The molecule has 1 unspecified atom stereocenters. The first-order valence-electron chi connectivity index (χ1n) is 11.3. The minimum absolute atomic E-state index is 0.0822. The van der Waals surface area contributed by atoms with Crippen LogP contribution in [0.1, 0.15) is 30.0 Å². The van der Waals surface area contributed by atoms with E-state index in [1.54, 1.807) is 48.7 Å². The normalized spacial score (nSPS) is 15.6. The number of nitrogens with zero attached hydrogens (tertiary/aromatic N) is 2. The zero-order valence-corrected chi connectivity index (χ0v) is 20.9. The van der Waals surface area contributed by atoms with Crippen LogP contribution >= 0.6 is 23.2 Å². The van der Waals surface area contributed by atoms with Crippen LogP contribution < -0.4 is 5.56 Å². The highest BCUT2D eigenvalue weighted by molar-refractivity contribution is 6.31. The average molecular weight is 559 g/mol. The molecule has 4 aromatic rings. The number of carbonyl (C=O) groups is 2. The largest absolute Gasteiger partial charge is 0.481 e. The summed E-state index contributed by atoms with van der Waals surface area (Å²) in [6, 6.07) is 13.6. The van der Waals surface area contributed by atoms with E-state index in [2.05, 4.69) is 15.1 Å². The molecule has 2 aromatic heterocycles. The van der Waals surface area contributed by atoms with E-state index in [-0.39, 0.29) is 17.7 Å². The van der Waals surface area contributed by atoms with E-state index in [0.717, 1.165) is 0 Å². The van der Waals surface area contributed by atoms with Crippen molar-refractivity contribution in [2.24, 2.45) is 5.10 Å². The van der Waals surface area contributed by atoms with Crippen molar-refractivity contribution in [1.29, 1.82) is 0 Å². The van der Waals surface area contributed by atoms with Gasteiger partial charge < -0.3 is 15.1 Å². The summed E-state index contributed by atoms with van der Waals surface area (Å²) in [5, 5.41) is 15.2. The van der Waals surface area contributed by atoms with E-state index >= 15 is 0 Å². The highest BCUT2D eigenvalue weighted by atomic mass is 35.5. The number of hydrogen-bond acceptors (Lipinski definition) is 4. The van der Waals surface area contributed by atoms with E-state index in [9.17, 15) is 23.2 Å². The summed E-state index contributed by atoms with van der Waals surface area (Å²) in [4.78, 5) is 43.0. The molecule has 0 saturated carbocycles. The predicted molar refractivity (Wildman–Crippen MR) is 139 cm³/mol. The maximum absolute atomic E-state index is 14.7. The lowest BCUT2D eigenvalue weighted by Crippen LogP contribution is -2.42. The van der Waals surface area contributed by atoms with Crippen LogP contribution in [-0.2, 0) is 9.59 Å². The molecule has 0 fully saturated rings. The smallest absolute Gasteiger partial charge is 0.337 e. The van der Waals surface area contributed by atoms with Crippen molar-refractivity contribution in [3.05, 3.63) is 92.3 Å². The number of aromatic nitrogens is 2. The van der Waals surface area contributed by atoms with Gasteiger partial charge in [0.2, 0.25) is 0 Å². The second-order valence-electron chi connectivity index (χ2n) is 8.72. The monoisotopic (exact) mass is 558 g/mol. The van der Waals surface area contributed by atoms with Gasteiger partial charge in [-0.3, -0.25) is 14.4 Å². The van der Waals surface area contributed by atoms with E-state index < -0.39 is 35.8 Å². The average Bonchev–Trinajstić information content (AvgIpc) is 3.50. The molecule has 3 heterocycles. The zero-order chi connectivity index (χ0) is 27.2. The quantitative estimate of drug-likeness (QED) is 0.284. The molecule has 1 amide bonds. The summed E-state index contributed by atoms with van der Waals surface area (Å²) < 4.78 is 29.4. The Morgan fingerprint density at radius 3 is 2.29 bits per heavy atom. The van der Waals surface area contributed by atoms with Gasteiger partial charge in [0.05, 0.1) is 17.3 Å². The molecule has 12 heteroatoms. The van der Waals surface area contributed by atoms with Gasteiger partial charge in [-0.2, -0.15) is 13.9 Å². The van der Waals surface area contributed by atoms with Crippen LogP contribution in [0, 0.1) is 0 Å². The molecule has 3 N–H and O–H groups in total. The molecule has 2 aromatic carbocycles. The topological polar surface area (TPSA) is 119 Å². The fraction of sp³-hybridized carbons (Fsp3) is 0.154. The number of aromatic amines is 2. The van der Waals surface area contributed by atoms with Crippen LogP contribution in [-0.4, -0.2) is 43.6 Å². The number of hydrogen-bond donors (Lipinski definition) is 3. The van der Waals surface area contributed by atoms with Gasteiger partial charge in [0.1, 0.15) is 12.1 Å². The maximum atomic E-state index is 14.7. The van der Waals surface area contributed by atoms with Crippen LogP contribution in [0.4, 0.5) is 8.78 Å². The van der Waals surface area contributed by atoms with E-state index in [4.69, 9.17) is 28.3 Å². The van der Waals surface area contributed by atoms with Crippen molar-refractivity contribution in [1.82, 2.24) is 15.0 Å². The number of hydrazone groups is 1. The molecule has 1 atom stereocenters. The molecule has 0 radical (unpaired) electrons. The molecule has 38 heavy (non-hydrogen) atoms. The summed E-state index contributed by atoms with van der Waals surface area (Å²) in [6.07, 6.45) is -0.151.